The molecule has 0 radical (unpaired) electrons. The van der Waals surface area contributed by atoms with Gasteiger partial charge in [0, 0.05) is 5.75 Å². The monoisotopic (exact) mass is 145 g/mol. The lowest BCUT2D eigenvalue weighted by Crippen LogP contribution is -1.67. The Morgan fingerprint density at radius 3 is 3.12 bits per heavy atom. The van der Waals surface area contributed by atoms with Crippen molar-refractivity contribution < 1.29 is 4.42 Å². The highest BCUT2D eigenvalue weighted by atomic mass is 33.1. The van der Waals surface area contributed by atoms with Gasteiger partial charge in [-0.15, -0.1) is 0 Å². The molecule has 8 heavy (non-hydrogen) atoms. The Balaban J connectivity index is 2.50. The van der Waals surface area contributed by atoms with Crippen molar-refractivity contribution in [3.8, 4) is 0 Å². The van der Waals surface area contributed by atoms with E-state index < -0.39 is 0 Å². The van der Waals surface area contributed by atoms with Crippen LogP contribution in [0.15, 0.2) is 22.8 Å². The normalized spacial score (nSPS) is 9.62. The molecule has 0 fully saturated rings. The molecule has 0 aromatic carbocycles. The quantitative estimate of drug-likeness (QED) is 0.466. The summed E-state index contributed by atoms with van der Waals surface area (Å²) in [6.45, 7) is 0. The fourth-order valence-corrected chi connectivity index (χ4v) is 1.08. The van der Waals surface area contributed by atoms with Gasteiger partial charge in [0.15, 0.2) is 0 Å². The largest absolute Gasteiger partial charge is 0.719 e. The van der Waals surface area contributed by atoms with Gasteiger partial charge >= 0.3 is 0 Å². The molecule has 0 saturated heterocycles. The van der Waals surface area contributed by atoms with Crippen LogP contribution in [0.3, 0.4) is 0 Å². The van der Waals surface area contributed by atoms with E-state index in [1.54, 1.807) is 6.26 Å². The molecule has 0 aliphatic heterocycles. The van der Waals surface area contributed by atoms with E-state index >= 15 is 0 Å². The zero-order valence-electron chi connectivity index (χ0n) is 4.16. The first-order valence-corrected chi connectivity index (χ1v) is 4.11. The highest BCUT2D eigenvalue weighted by Crippen LogP contribution is 2.08. The Kier molecular flexibility index (Phi) is 2.36. The Hall–Kier alpha value is -0.0200. The van der Waals surface area contributed by atoms with Crippen LogP contribution >= 0.6 is 10.8 Å². The highest BCUT2D eigenvalue weighted by Gasteiger charge is 1.86. The minimum atomic E-state index is 0.794. The smallest absolute Gasteiger partial charge is 0.111 e. The molecule has 1 aromatic heterocycles. The third-order valence-electron chi connectivity index (χ3n) is 0.781. The van der Waals surface area contributed by atoms with Crippen molar-refractivity contribution in [2.45, 2.75) is 5.75 Å². The van der Waals surface area contributed by atoms with Crippen LogP contribution in [0, 0.1) is 0 Å². The van der Waals surface area contributed by atoms with Gasteiger partial charge in [-0.05, 0) is 12.1 Å². The van der Waals surface area contributed by atoms with E-state index in [4.69, 9.17) is 4.42 Å². The minimum Gasteiger partial charge on any atom is -0.719 e. The summed E-state index contributed by atoms with van der Waals surface area (Å²) in [5, 5.41) is 0. The SMILES string of the molecule is [S-]SCc1ccco1. The van der Waals surface area contributed by atoms with Crippen LogP contribution in [-0.4, -0.2) is 0 Å². The molecule has 0 N–H and O–H groups in total. The number of hydrogen-bond acceptors (Lipinski definition) is 3. The van der Waals surface area contributed by atoms with E-state index in [1.807, 2.05) is 12.1 Å². The molecule has 0 unspecified atom stereocenters. The van der Waals surface area contributed by atoms with E-state index in [9.17, 15) is 0 Å². The first kappa shape index (κ1) is 6.11. The van der Waals surface area contributed by atoms with E-state index in [0.29, 0.717) is 0 Å². The van der Waals surface area contributed by atoms with Crippen molar-refractivity contribution >= 4 is 22.5 Å². The van der Waals surface area contributed by atoms with Gasteiger partial charge < -0.3 is 26.9 Å². The molecule has 1 aromatic rings. The van der Waals surface area contributed by atoms with E-state index in [-0.39, 0.29) is 0 Å². The standard InChI is InChI=1S/C5H6OS2/c7-8-4-5-2-1-3-6-5/h1-3,7H,4H2/p-1. The first-order valence-electron chi connectivity index (χ1n) is 2.20. The van der Waals surface area contributed by atoms with Crippen LogP contribution in [-0.2, 0) is 17.4 Å². The molecule has 1 rings (SSSR count). The van der Waals surface area contributed by atoms with Crippen LogP contribution < -0.4 is 0 Å². The van der Waals surface area contributed by atoms with Crippen LogP contribution in [0.4, 0.5) is 0 Å². The van der Waals surface area contributed by atoms with Gasteiger partial charge in [0.1, 0.15) is 5.76 Å². The predicted molar refractivity (Wildman–Crippen MR) is 37.4 cm³/mol. The molecule has 0 aliphatic carbocycles. The van der Waals surface area contributed by atoms with Crippen molar-refractivity contribution in [2.24, 2.45) is 0 Å². The van der Waals surface area contributed by atoms with Crippen LogP contribution in [0.2, 0.25) is 0 Å². The third-order valence-corrected chi connectivity index (χ3v) is 1.54. The fraction of sp³-hybridized carbons (Fsp3) is 0.200. The maximum absolute atomic E-state index is 4.99. The Labute approximate surface area is 57.3 Å². The summed E-state index contributed by atoms with van der Waals surface area (Å²) < 4.78 is 4.99. The Morgan fingerprint density at radius 2 is 2.62 bits per heavy atom. The van der Waals surface area contributed by atoms with Gasteiger partial charge in [-0.1, -0.05) is 0 Å². The molecule has 0 saturated carbocycles. The third kappa shape index (κ3) is 1.49. The van der Waals surface area contributed by atoms with Gasteiger partial charge in [-0.3, -0.25) is 0 Å². The molecule has 0 bridgehead atoms. The number of hydrogen-bond donors (Lipinski definition) is 0. The first-order chi connectivity index (χ1) is 3.93. The second-order valence-electron chi connectivity index (χ2n) is 1.34. The Bertz CT molecular complexity index is 136. The molecule has 0 atom stereocenters. The summed E-state index contributed by atoms with van der Waals surface area (Å²) in [4.78, 5) is 0. The van der Waals surface area contributed by atoms with E-state index in [1.165, 1.54) is 10.8 Å². The minimum absolute atomic E-state index is 0.794. The van der Waals surface area contributed by atoms with Crippen LogP contribution in [0.5, 0.6) is 0 Å². The van der Waals surface area contributed by atoms with Crippen LogP contribution in [0.1, 0.15) is 5.76 Å². The lowest BCUT2D eigenvalue weighted by Gasteiger charge is -1.98. The van der Waals surface area contributed by atoms with Gasteiger partial charge in [0.2, 0.25) is 0 Å². The summed E-state index contributed by atoms with van der Waals surface area (Å²) in [5.41, 5.74) is 0. The summed E-state index contributed by atoms with van der Waals surface area (Å²) in [5.74, 6) is 1.74. The van der Waals surface area contributed by atoms with Crippen molar-refractivity contribution in [1.29, 1.82) is 0 Å². The molecular formula is C5H5OS2-. The molecule has 1 nitrogen and oxygen atoms in total. The molecule has 1 heterocycles. The topological polar surface area (TPSA) is 13.1 Å². The molecular weight excluding hydrogens is 140 g/mol. The van der Waals surface area contributed by atoms with E-state index in [0.717, 1.165) is 11.5 Å². The molecule has 0 aliphatic rings. The average molecular weight is 145 g/mol. The average Bonchev–Trinajstić information content (AvgIpc) is 2.19. The molecule has 0 spiro atoms. The summed E-state index contributed by atoms with van der Waals surface area (Å²) in [6, 6.07) is 3.78. The molecule has 0 amide bonds. The van der Waals surface area contributed by atoms with Gasteiger partial charge in [0.05, 0.1) is 6.26 Å². The predicted octanol–water partition coefficient (Wildman–Crippen LogP) is 1.97. The van der Waals surface area contributed by atoms with Crippen molar-refractivity contribution in [3.05, 3.63) is 24.2 Å². The Morgan fingerprint density at radius 1 is 1.75 bits per heavy atom. The van der Waals surface area contributed by atoms with Gasteiger partial charge in [-0.25, -0.2) is 0 Å². The van der Waals surface area contributed by atoms with Crippen molar-refractivity contribution in [2.75, 3.05) is 0 Å². The number of furan rings is 1. The maximum atomic E-state index is 4.99. The van der Waals surface area contributed by atoms with E-state index in [2.05, 4.69) is 11.7 Å². The lowest BCUT2D eigenvalue weighted by molar-refractivity contribution is 0.530. The summed E-state index contributed by atoms with van der Waals surface area (Å²) in [7, 11) is 1.35. The second-order valence-corrected chi connectivity index (χ2v) is 2.57. The summed E-state index contributed by atoms with van der Waals surface area (Å²) >= 11 is 4.66. The van der Waals surface area contributed by atoms with Crippen molar-refractivity contribution in [3.63, 3.8) is 0 Å². The fourth-order valence-electron chi connectivity index (χ4n) is 0.453. The van der Waals surface area contributed by atoms with Gasteiger partial charge in [-0.2, -0.15) is 0 Å². The van der Waals surface area contributed by atoms with Crippen LogP contribution in [0.25, 0.3) is 0 Å². The molecule has 3 heteroatoms. The molecule has 44 valence electrons. The number of rotatable bonds is 2. The zero-order valence-corrected chi connectivity index (χ0v) is 5.80. The zero-order chi connectivity index (χ0) is 5.82. The lowest BCUT2D eigenvalue weighted by atomic mass is 10.5. The summed E-state index contributed by atoms with van der Waals surface area (Å²) in [6.07, 6.45) is 1.65. The highest BCUT2D eigenvalue weighted by molar-refractivity contribution is 8.58. The maximum Gasteiger partial charge on any atom is 0.111 e. The second kappa shape index (κ2) is 3.10. The van der Waals surface area contributed by atoms with Crippen molar-refractivity contribution in [1.82, 2.24) is 0 Å². The van der Waals surface area contributed by atoms with Gasteiger partial charge in [0.25, 0.3) is 0 Å².